The topological polar surface area (TPSA) is 121 Å². The zero-order valence-electron chi connectivity index (χ0n) is 20.3. The van der Waals surface area contributed by atoms with Crippen LogP contribution in [0.2, 0.25) is 0 Å². The molecule has 2 aromatic heterocycles. The Hall–Kier alpha value is -3.15. The minimum absolute atomic E-state index is 0.156. The molecule has 3 atom stereocenters. The molecule has 0 spiro atoms. The standard InChI is InChI=1S/C27H28N6O3S/c34-37(22-2-1-11-28-14-22)21-9-7-18(8-10-21)23-15-29-16-24(31-23)27-33-32-26(36-27)20-5-3-19(4-6-20)25-17-35-13-12-30-25/h3-10,15-16,22,25,28,30H,1-2,11-14,17H2. The minimum Gasteiger partial charge on any atom is -0.611 e. The number of benzene rings is 2. The predicted molar refractivity (Wildman–Crippen MR) is 140 cm³/mol. The molecule has 10 heteroatoms. The number of rotatable bonds is 6. The van der Waals surface area contributed by atoms with Crippen molar-refractivity contribution < 1.29 is 13.7 Å². The van der Waals surface area contributed by atoms with Gasteiger partial charge in [0.15, 0.2) is 4.90 Å². The molecule has 6 rings (SSSR count). The molecule has 0 aliphatic carbocycles. The highest BCUT2D eigenvalue weighted by Crippen LogP contribution is 2.27. The van der Waals surface area contributed by atoms with Crippen LogP contribution < -0.4 is 10.6 Å². The van der Waals surface area contributed by atoms with E-state index in [0.717, 1.165) is 60.7 Å². The molecule has 2 aromatic carbocycles. The van der Waals surface area contributed by atoms with Gasteiger partial charge in [-0.1, -0.05) is 12.1 Å². The predicted octanol–water partition coefficient (Wildman–Crippen LogP) is 3.38. The molecule has 0 saturated carbocycles. The molecule has 4 aromatic rings. The first-order valence-corrected chi connectivity index (χ1v) is 13.7. The summed E-state index contributed by atoms with van der Waals surface area (Å²) < 4.78 is 24.4. The third kappa shape index (κ3) is 5.43. The van der Waals surface area contributed by atoms with Crippen LogP contribution in [0.1, 0.15) is 24.4 Å². The van der Waals surface area contributed by atoms with Gasteiger partial charge in [0.05, 0.1) is 37.3 Å². The quantitative estimate of drug-likeness (QED) is 0.372. The van der Waals surface area contributed by atoms with Crippen LogP contribution >= 0.6 is 0 Å². The largest absolute Gasteiger partial charge is 0.611 e. The zero-order chi connectivity index (χ0) is 25.0. The van der Waals surface area contributed by atoms with Gasteiger partial charge in [0.2, 0.25) is 5.89 Å². The van der Waals surface area contributed by atoms with Crippen LogP contribution in [0.25, 0.3) is 34.3 Å². The van der Waals surface area contributed by atoms with E-state index < -0.39 is 11.2 Å². The Morgan fingerprint density at radius 3 is 2.43 bits per heavy atom. The molecule has 2 fully saturated rings. The van der Waals surface area contributed by atoms with Crippen molar-refractivity contribution in [2.75, 3.05) is 32.8 Å². The molecular formula is C27H28N6O3S. The summed E-state index contributed by atoms with van der Waals surface area (Å²) in [6.45, 7) is 4.06. The Bertz CT molecular complexity index is 1320. The Labute approximate surface area is 218 Å². The third-order valence-corrected chi connectivity index (χ3v) is 8.44. The maximum Gasteiger partial charge on any atom is 0.268 e. The number of nitrogens with zero attached hydrogens (tertiary/aromatic N) is 4. The van der Waals surface area contributed by atoms with Crippen molar-refractivity contribution >= 4 is 11.2 Å². The smallest absolute Gasteiger partial charge is 0.268 e. The number of ether oxygens (including phenoxy) is 1. The lowest BCUT2D eigenvalue weighted by molar-refractivity contribution is 0.0769. The normalized spacial score (nSPS) is 21.0. The highest BCUT2D eigenvalue weighted by Gasteiger charge is 2.26. The van der Waals surface area contributed by atoms with E-state index in [1.165, 1.54) is 0 Å². The lowest BCUT2D eigenvalue weighted by Gasteiger charge is -2.25. The Kier molecular flexibility index (Phi) is 7.25. The van der Waals surface area contributed by atoms with Gasteiger partial charge >= 0.3 is 0 Å². The van der Waals surface area contributed by atoms with Crippen molar-refractivity contribution in [3.8, 4) is 34.3 Å². The molecule has 190 valence electrons. The number of hydrogen-bond acceptors (Lipinski definition) is 9. The first-order valence-electron chi connectivity index (χ1n) is 12.5. The SMILES string of the molecule is [O-][S+](c1ccc(-c2cncc(-c3nnc(-c4ccc(C5COCCN5)cc4)o3)n2)cc1)C1CCCNC1. The highest BCUT2D eigenvalue weighted by atomic mass is 32.2. The van der Waals surface area contributed by atoms with Gasteiger partial charge in [-0.15, -0.1) is 10.2 Å². The monoisotopic (exact) mass is 516 g/mol. The molecule has 2 aliphatic rings. The van der Waals surface area contributed by atoms with Crippen LogP contribution in [0.5, 0.6) is 0 Å². The summed E-state index contributed by atoms with van der Waals surface area (Å²) in [5.74, 6) is 0.726. The fourth-order valence-electron chi connectivity index (χ4n) is 4.64. The number of aromatic nitrogens is 4. The fourth-order valence-corrected chi connectivity index (χ4v) is 6.08. The van der Waals surface area contributed by atoms with Crippen molar-refractivity contribution in [1.82, 2.24) is 30.8 Å². The minimum atomic E-state index is -1.03. The Balaban J connectivity index is 1.17. The van der Waals surface area contributed by atoms with Crippen molar-refractivity contribution in [2.24, 2.45) is 0 Å². The number of piperidine rings is 1. The summed E-state index contributed by atoms with van der Waals surface area (Å²) in [6, 6.07) is 15.9. The van der Waals surface area contributed by atoms with Crippen LogP contribution in [-0.2, 0) is 15.9 Å². The zero-order valence-corrected chi connectivity index (χ0v) is 21.1. The Morgan fingerprint density at radius 2 is 1.68 bits per heavy atom. The van der Waals surface area contributed by atoms with E-state index in [9.17, 15) is 4.55 Å². The number of hydrogen-bond donors (Lipinski definition) is 2. The maximum absolute atomic E-state index is 12.9. The molecule has 0 radical (unpaired) electrons. The molecule has 2 saturated heterocycles. The summed E-state index contributed by atoms with van der Waals surface area (Å²) in [4.78, 5) is 9.86. The summed E-state index contributed by atoms with van der Waals surface area (Å²) in [6.07, 6.45) is 5.35. The van der Waals surface area contributed by atoms with Crippen LogP contribution in [0, 0.1) is 0 Å². The average molecular weight is 517 g/mol. The molecule has 0 amide bonds. The van der Waals surface area contributed by atoms with Crippen molar-refractivity contribution in [1.29, 1.82) is 0 Å². The van der Waals surface area contributed by atoms with Gasteiger partial charge in [-0.25, -0.2) is 4.98 Å². The molecule has 3 unspecified atom stereocenters. The number of morpholine rings is 1. The second kappa shape index (κ2) is 11.1. The van der Waals surface area contributed by atoms with Gasteiger partial charge in [0.25, 0.3) is 5.89 Å². The molecule has 2 N–H and O–H groups in total. The molecule has 37 heavy (non-hydrogen) atoms. The molecule has 4 heterocycles. The molecular weight excluding hydrogens is 488 g/mol. The number of nitrogens with one attached hydrogen (secondary N) is 2. The molecule has 9 nitrogen and oxygen atoms in total. The van der Waals surface area contributed by atoms with E-state index in [1.807, 2.05) is 48.5 Å². The third-order valence-electron chi connectivity index (χ3n) is 6.70. The van der Waals surface area contributed by atoms with Gasteiger partial charge in [0, 0.05) is 24.2 Å². The van der Waals surface area contributed by atoms with E-state index in [2.05, 4.69) is 25.8 Å². The van der Waals surface area contributed by atoms with E-state index in [-0.39, 0.29) is 11.3 Å². The summed E-state index contributed by atoms with van der Waals surface area (Å²) in [7, 11) is 0. The van der Waals surface area contributed by atoms with E-state index in [1.54, 1.807) is 12.4 Å². The summed E-state index contributed by atoms with van der Waals surface area (Å²) >= 11 is -1.03. The maximum atomic E-state index is 12.9. The first-order chi connectivity index (χ1) is 18.2. The van der Waals surface area contributed by atoms with Crippen molar-refractivity contribution in [3.05, 3.63) is 66.5 Å². The van der Waals surface area contributed by atoms with Crippen LogP contribution in [0.3, 0.4) is 0 Å². The van der Waals surface area contributed by atoms with E-state index in [4.69, 9.17) is 14.1 Å². The summed E-state index contributed by atoms with van der Waals surface area (Å²) in [5.41, 5.74) is 4.05. The van der Waals surface area contributed by atoms with Crippen LogP contribution in [0.15, 0.2) is 70.2 Å². The van der Waals surface area contributed by atoms with Gasteiger partial charge in [-0.2, -0.15) is 0 Å². The summed E-state index contributed by atoms with van der Waals surface area (Å²) in [5, 5.41) is 15.4. The van der Waals surface area contributed by atoms with Gasteiger partial charge in [-0.3, -0.25) is 4.98 Å². The van der Waals surface area contributed by atoms with E-state index >= 15 is 0 Å². The fraction of sp³-hybridized carbons (Fsp3) is 0.333. The average Bonchev–Trinajstić information content (AvgIpc) is 3.49. The van der Waals surface area contributed by atoms with Gasteiger partial charge in [0.1, 0.15) is 10.9 Å². The second-order valence-corrected chi connectivity index (χ2v) is 10.9. The van der Waals surface area contributed by atoms with Gasteiger partial charge in [-0.05, 0) is 72.5 Å². The lowest BCUT2D eigenvalue weighted by Crippen LogP contribution is -2.38. The van der Waals surface area contributed by atoms with Crippen molar-refractivity contribution in [3.63, 3.8) is 0 Å². The van der Waals surface area contributed by atoms with Crippen molar-refractivity contribution in [2.45, 2.75) is 29.0 Å². The molecule has 2 aliphatic heterocycles. The van der Waals surface area contributed by atoms with Crippen LogP contribution in [-0.4, -0.2) is 62.8 Å². The lowest BCUT2D eigenvalue weighted by atomic mass is 10.0. The molecule has 0 bridgehead atoms. The second-order valence-electron chi connectivity index (χ2n) is 9.20. The van der Waals surface area contributed by atoms with Gasteiger partial charge < -0.3 is 24.3 Å². The van der Waals surface area contributed by atoms with E-state index in [0.29, 0.717) is 29.8 Å². The Morgan fingerprint density at radius 1 is 0.892 bits per heavy atom. The van der Waals surface area contributed by atoms with Crippen LogP contribution in [0.4, 0.5) is 0 Å². The first kappa shape index (κ1) is 24.2. The highest BCUT2D eigenvalue weighted by molar-refractivity contribution is 7.92.